The lowest BCUT2D eigenvalue weighted by Gasteiger charge is -2.13. The van der Waals surface area contributed by atoms with Gasteiger partial charge in [-0.15, -0.1) is 0 Å². The van der Waals surface area contributed by atoms with Crippen LogP contribution in [0, 0.1) is 0 Å². The zero-order valence-corrected chi connectivity index (χ0v) is 22.9. The lowest BCUT2D eigenvalue weighted by molar-refractivity contribution is 0.619. The van der Waals surface area contributed by atoms with Crippen molar-refractivity contribution in [2.24, 2.45) is 0 Å². The Balaban J connectivity index is 1.33. The predicted octanol–water partition coefficient (Wildman–Crippen LogP) is 10.8. The second-order valence-electron chi connectivity index (χ2n) is 11.2. The summed E-state index contributed by atoms with van der Waals surface area (Å²) in [5.41, 5.74) is 7.52. The molecule has 0 aliphatic carbocycles. The molecule has 0 fully saturated rings. The molecule has 3 heterocycles. The van der Waals surface area contributed by atoms with Crippen LogP contribution in [0.2, 0.25) is 0 Å². The monoisotopic (exact) mass is 550 g/mol. The van der Waals surface area contributed by atoms with Crippen molar-refractivity contribution in [3.05, 3.63) is 133 Å². The predicted molar refractivity (Wildman–Crippen MR) is 176 cm³/mol. The molecule has 3 aromatic heterocycles. The van der Waals surface area contributed by atoms with E-state index in [0.717, 1.165) is 60.7 Å². The molecule has 10 aromatic rings. The van der Waals surface area contributed by atoms with E-state index in [2.05, 4.69) is 108 Å². The summed E-state index contributed by atoms with van der Waals surface area (Å²) in [6, 6.07) is 46.8. The highest BCUT2D eigenvalue weighted by Gasteiger charge is 2.21. The van der Waals surface area contributed by atoms with Gasteiger partial charge in [0.25, 0.3) is 0 Å². The highest BCUT2D eigenvalue weighted by molar-refractivity contribution is 6.19. The molecule has 0 atom stereocenters. The van der Waals surface area contributed by atoms with Gasteiger partial charge in [-0.05, 0) is 70.8 Å². The largest absolute Gasteiger partial charge is 0.454 e. The Kier molecular flexibility index (Phi) is 4.42. The topological polar surface area (TPSA) is 44.1 Å². The van der Waals surface area contributed by atoms with Crippen molar-refractivity contribution < 1.29 is 8.83 Å². The summed E-state index contributed by atoms with van der Waals surface area (Å²) in [6.07, 6.45) is 0. The molecule has 10 rings (SSSR count). The van der Waals surface area contributed by atoms with Crippen molar-refractivity contribution in [3.8, 4) is 17.1 Å². The number of hydrogen-bond acceptors (Lipinski definition) is 3. The third-order valence-corrected chi connectivity index (χ3v) is 8.76. The quantitative estimate of drug-likeness (QED) is 0.215. The number of nitrogens with zero attached hydrogens (tertiary/aromatic N) is 2. The highest BCUT2D eigenvalue weighted by Crippen LogP contribution is 2.43. The first-order chi connectivity index (χ1) is 21.3. The fourth-order valence-corrected chi connectivity index (χ4v) is 6.80. The molecular formula is C39H22N2O2. The summed E-state index contributed by atoms with van der Waals surface area (Å²) in [4.78, 5) is 4.73. The summed E-state index contributed by atoms with van der Waals surface area (Å²) >= 11 is 0. The zero-order chi connectivity index (χ0) is 28.1. The Hall–Kier alpha value is -5.87. The van der Waals surface area contributed by atoms with Crippen LogP contribution in [0.25, 0.3) is 93.5 Å². The van der Waals surface area contributed by atoms with E-state index in [-0.39, 0.29) is 0 Å². The summed E-state index contributed by atoms with van der Waals surface area (Å²) in [7, 11) is 0. The first-order valence-corrected chi connectivity index (χ1v) is 14.5. The number of furan rings is 1. The lowest BCUT2D eigenvalue weighted by atomic mass is 10.0. The maximum atomic E-state index is 6.85. The van der Waals surface area contributed by atoms with Crippen LogP contribution < -0.4 is 0 Å². The molecule has 4 heteroatoms. The zero-order valence-electron chi connectivity index (χ0n) is 22.9. The lowest BCUT2D eigenvalue weighted by Crippen LogP contribution is -1.96. The van der Waals surface area contributed by atoms with Gasteiger partial charge in [-0.1, -0.05) is 78.9 Å². The van der Waals surface area contributed by atoms with E-state index in [1.807, 2.05) is 30.3 Å². The molecule has 0 saturated carbocycles. The molecule has 0 spiro atoms. The number of hydrogen-bond donors (Lipinski definition) is 0. The second kappa shape index (κ2) is 8.34. The Bertz CT molecular complexity index is 2710. The number of rotatable bonds is 2. The normalized spacial score (nSPS) is 12.2. The minimum atomic E-state index is 0.586. The van der Waals surface area contributed by atoms with Crippen LogP contribution in [-0.2, 0) is 0 Å². The third-order valence-electron chi connectivity index (χ3n) is 8.76. The second-order valence-corrected chi connectivity index (χ2v) is 11.2. The minimum absolute atomic E-state index is 0.586. The molecule has 4 nitrogen and oxygen atoms in total. The smallest absolute Gasteiger partial charge is 0.227 e. The SMILES string of the molecule is c1ccc2cc3c(cc2c1)c1ccccc1n3-c1c2ccccc2cc2c1oc1cc(-c3nc4ccccc4o3)ccc12. The van der Waals surface area contributed by atoms with Crippen molar-refractivity contribution in [2.45, 2.75) is 0 Å². The van der Waals surface area contributed by atoms with E-state index in [4.69, 9.17) is 13.8 Å². The van der Waals surface area contributed by atoms with E-state index in [9.17, 15) is 0 Å². The van der Waals surface area contributed by atoms with Gasteiger partial charge >= 0.3 is 0 Å². The Labute approximate surface area is 245 Å². The summed E-state index contributed by atoms with van der Waals surface area (Å²) in [6.45, 7) is 0. The molecule has 200 valence electrons. The van der Waals surface area contributed by atoms with Gasteiger partial charge in [-0.3, -0.25) is 0 Å². The van der Waals surface area contributed by atoms with Gasteiger partial charge in [-0.25, -0.2) is 4.98 Å². The molecule has 0 aliphatic heterocycles. The van der Waals surface area contributed by atoms with Crippen LogP contribution in [0.4, 0.5) is 0 Å². The first-order valence-electron chi connectivity index (χ1n) is 14.5. The maximum Gasteiger partial charge on any atom is 0.227 e. The van der Waals surface area contributed by atoms with Crippen molar-refractivity contribution >= 4 is 76.4 Å². The fraction of sp³-hybridized carbons (Fsp3) is 0. The molecule has 0 unspecified atom stereocenters. The highest BCUT2D eigenvalue weighted by atomic mass is 16.3. The molecule has 43 heavy (non-hydrogen) atoms. The van der Waals surface area contributed by atoms with Gasteiger partial charge in [0, 0.05) is 32.5 Å². The van der Waals surface area contributed by atoms with Gasteiger partial charge in [0.15, 0.2) is 11.2 Å². The van der Waals surface area contributed by atoms with Crippen LogP contribution >= 0.6 is 0 Å². The van der Waals surface area contributed by atoms with E-state index in [1.54, 1.807) is 0 Å². The van der Waals surface area contributed by atoms with Gasteiger partial charge in [0.2, 0.25) is 5.89 Å². The molecule has 0 amide bonds. The number of aromatic nitrogens is 2. The van der Waals surface area contributed by atoms with Gasteiger partial charge in [-0.2, -0.15) is 0 Å². The summed E-state index contributed by atoms with van der Waals surface area (Å²) in [5.74, 6) is 0.586. The number of fused-ring (bicyclic) bond motifs is 9. The number of para-hydroxylation sites is 3. The standard InChI is InChI=1S/C39H22N2O2/c1-2-10-24-21-34-30(19-23(24)9-1)28-13-5-7-15-33(28)41(34)37-27-12-4-3-11-25(27)20-31-29-18-17-26(22-36(29)42-38(31)37)39-40-32-14-6-8-16-35(32)43-39/h1-22H. The van der Waals surface area contributed by atoms with Crippen molar-refractivity contribution in [1.82, 2.24) is 9.55 Å². The van der Waals surface area contributed by atoms with E-state index in [1.165, 1.54) is 26.9 Å². The van der Waals surface area contributed by atoms with Crippen LogP contribution in [0.15, 0.2) is 142 Å². The average Bonchev–Trinajstić information content (AvgIpc) is 3.74. The third kappa shape index (κ3) is 3.18. The number of oxazole rings is 1. The Morgan fingerprint density at radius 1 is 0.465 bits per heavy atom. The number of benzene rings is 7. The molecule has 0 radical (unpaired) electrons. The summed E-state index contributed by atoms with van der Waals surface area (Å²) in [5, 5.41) is 9.35. The fourth-order valence-electron chi connectivity index (χ4n) is 6.80. The van der Waals surface area contributed by atoms with Gasteiger partial charge < -0.3 is 13.4 Å². The van der Waals surface area contributed by atoms with Crippen LogP contribution in [0.1, 0.15) is 0 Å². The Morgan fingerprint density at radius 2 is 1.19 bits per heavy atom. The molecule has 7 aromatic carbocycles. The van der Waals surface area contributed by atoms with Crippen molar-refractivity contribution in [1.29, 1.82) is 0 Å². The van der Waals surface area contributed by atoms with Crippen LogP contribution in [0.5, 0.6) is 0 Å². The molecule has 0 N–H and O–H groups in total. The maximum absolute atomic E-state index is 6.85. The van der Waals surface area contributed by atoms with Crippen LogP contribution in [-0.4, -0.2) is 9.55 Å². The first kappa shape index (κ1) is 22.8. The van der Waals surface area contributed by atoms with Gasteiger partial charge in [0.1, 0.15) is 11.1 Å². The van der Waals surface area contributed by atoms with E-state index >= 15 is 0 Å². The molecule has 0 bridgehead atoms. The van der Waals surface area contributed by atoms with E-state index < -0.39 is 0 Å². The molecule has 0 saturated heterocycles. The summed E-state index contributed by atoms with van der Waals surface area (Å²) < 4.78 is 15.3. The van der Waals surface area contributed by atoms with Crippen LogP contribution in [0.3, 0.4) is 0 Å². The molecule has 0 aliphatic rings. The Morgan fingerprint density at radius 3 is 2.07 bits per heavy atom. The van der Waals surface area contributed by atoms with Gasteiger partial charge in [0.05, 0.1) is 16.7 Å². The van der Waals surface area contributed by atoms with Crippen molar-refractivity contribution in [3.63, 3.8) is 0 Å². The minimum Gasteiger partial charge on any atom is -0.454 e. The average molecular weight is 551 g/mol. The molecular weight excluding hydrogens is 528 g/mol. The van der Waals surface area contributed by atoms with E-state index in [0.29, 0.717) is 5.89 Å². The van der Waals surface area contributed by atoms with Crippen molar-refractivity contribution in [2.75, 3.05) is 0 Å².